The quantitative estimate of drug-likeness (QED) is 0.337. The Kier molecular flexibility index (Phi) is 4.28. The number of hydrogen-bond acceptors (Lipinski definition) is 2. The average molecular weight is 245 g/mol. The van der Waals surface area contributed by atoms with Crippen LogP contribution in [0.3, 0.4) is 0 Å². The predicted octanol–water partition coefficient (Wildman–Crippen LogP) is 3.02. The molecule has 3 heteroatoms. The summed E-state index contributed by atoms with van der Waals surface area (Å²) in [6, 6.07) is 0. The second-order valence-electron chi connectivity index (χ2n) is 4.86. The van der Waals surface area contributed by atoms with E-state index < -0.39 is 6.10 Å². The fourth-order valence-electron chi connectivity index (χ4n) is 2.64. The van der Waals surface area contributed by atoms with E-state index >= 15 is 0 Å². The van der Waals surface area contributed by atoms with Gasteiger partial charge in [-0.25, -0.2) is 0 Å². The Balaban J connectivity index is 1.73. The van der Waals surface area contributed by atoms with Crippen molar-refractivity contribution in [2.45, 2.75) is 62.8 Å². The highest BCUT2D eigenvalue weighted by Crippen LogP contribution is 2.50. The van der Waals surface area contributed by atoms with Gasteiger partial charge >= 0.3 is 0 Å². The molecule has 2 aliphatic rings. The molecule has 0 bridgehead atoms. The largest absolute Gasteiger partial charge is 0.386 e. The zero-order valence-electron chi connectivity index (χ0n) is 9.70. The zero-order valence-corrected chi connectivity index (χ0v) is 10.5. The Morgan fingerprint density at radius 2 is 2.31 bits per heavy atom. The summed E-state index contributed by atoms with van der Waals surface area (Å²) in [5, 5.41) is 10.1. The Hall–Kier alpha value is -0.0500. The number of alkyl halides is 1. The molecule has 3 atom stereocenters. The van der Waals surface area contributed by atoms with Crippen molar-refractivity contribution < 1.29 is 9.84 Å². The lowest BCUT2D eigenvalue weighted by molar-refractivity contribution is 0.104. The van der Waals surface area contributed by atoms with Gasteiger partial charge in [0, 0.05) is 5.88 Å². The van der Waals surface area contributed by atoms with Crippen molar-refractivity contribution in [3.8, 4) is 0 Å². The number of unbranched alkanes of at least 4 members (excludes halogenated alkanes) is 2. The predicted molar refractivity (Wildman–Crippen MR) is 65.8 cm³/mol. The lowest BCUT2D eigenvalue weighted by Gasteiger charge is -2.20. The molecular weight excluding hydrogens is 224 g/mol. The third-order valence-corrected chi connectivity index (χ3v) is 3.97. The zero-order chi connectivity index (χ0) is 11.4. The van der Waals surface area contributed by atoms with Crippen molar-refractivity contribution in [3.05, 3.63) is 12.2 Å². The van der Waals surface area contributed by atoms with E-state index in [4.69, 9.17) is 16.3 Å². The molecule has 0 spiro atoms. The van der Waals surface area contributed by atoms with Gasteiger partial charge in [-0.3, -0.25) is 0 Å². The summed E-state index contributed by atoms with van der Waals surface area (Å²) in [6.45, 7) is 0. The first-order valence-electron chi connectivity index (χ1n) is 6.38. The number of fused-ring (bicyclic) bond motifs is 1. The minimum atomic E-state index is -0.409. The topological polar surface area (TPSA) is 32.8 Å². The van der Waals surface area contributed by atoms with Crippen molar-refractivity contribution in [1.82, 2.24) is 0 Å². The van der Waals surface area contributed by atoms with Gasteiger partial charge in [0.2, 0.25) is 0 Å². The van der Waals surface area contributed by atoms with Gasteiger partial charge in [-0.1, -0.05) is 25.0 Å². The number of hydrogen-bond donors (Lipinski definition) is 1. The molecule has 1 unspecified atom stereocenters. The first-order valence-corrected chi connectivity index (χ1v) is 6.91. The molecule has 0 aromatic rings. The molecule has 92 valence electrons. The van der Waals surface area contributed by atoms with Crippen molar-refractivity contribution in [2.24, 2.45) is 0 Å². The van der Waals surface area contributed by atoms with Crippen LogP contribution in [-0.2, 0) is 4.74 Å². The Labute approximate surface area is 103 Å². The number of aliphatic hydroxyl groups is 1. The first kappa shape index (κ1) is 12.4. The summed E-state index contributed by atoms with van der Waals surface area (Å²) in [6.07, 6.45) is 11.6. The van der Waals surface area contributed by atoms with Gasteiger partial charge in [-0.05, 0) is 32.1 Å². The van der Waals surface area contributed by atoms with Gasteiger partial charge in [0.15, 0.2) is 0 Å². The van der Waals surface area contributed by atoms with Crippen LogP contribution in [0.2, 0.25) is 0 Å². The molecule has 1 saturated carbocycles. The van der Waals surface area contributed by atoms with Crippen LogP contribution in [0.15, 0.2) is 12.2 Å². The van der Waals surface area contributed by atoms with Crippen LogP contribution in [0, 0.1) is 0 Å². The third kappa shape index (κ3) is 2.61. The summed E-state index contributed by atoms with van der Waals surface area (Å²) in [5.74, 6) is 0.728. The lowest BCUT2D eigenvalue weighted by atomic mass is 9.85. The maximum atomic E-state index is 10.1. The van der Waals surface area contributed by atoms with Crippen LogP contribution in [0.5, 0.6) is 0 Å². The van der Waals surface area contributed by atoms with E-state index in [0.29, 0.717) is 6.10 Å². The highest BCUT2D eigenvalue weighted by molar-refractivity contribution is 6.17. The van der Waals surface area contributed by atoms with E-state index in [1.807, 2.05) is 6.08 Å². The SMILES string of the molecule is OC(/C=C/CCCCCl)[C@@]12CCCC[C@@H]1O2. The number of rotatable bonds is 6. The molecule has 2 rings (SSSR count). The van der Waals surface area contributed by atoms with Gasteiger partial charge < -0.3 is 9.84 Å². The number of allylic oxidation sites excluding steroid dienone is 1. The maximum absolute atomic E-state index is 10.1. The van der Waals surface area contributed by atoms with Crippen LogP contribution < -0.4 is 0 Å². The summed E-state index contributed by atoms with van der Waals surface area (Å²) in [4.78, 5) is 0. The molecule has 0 aromatic heterocycles. The molecule has 0 radical (unpaired) electrons. The molecule has 2 nitrogen and oxygen atoms in total. The van der Waals surface area contributed by atoms with E-state index in [2.05, 4.69) is 6.08 Å². The summed E-state index contributed by atoms with van der Waals surface area (Å²) in [5.41, 5.74) is -0.207. The van der Waals surface area contributed by atoms with Crippen LogP contribution in [0.4, 0.5) is 0 Å². The lowest BCUT2D eigenvalue weighted by Crippen LogP contribution is -2.32. The second-order valence-corrected chi connectivity index (χ2v) is 5.24. The van der Waals surface area contributed by atoms with Crippen LogP contribution in [0.25, 0.3) is 0 Å². The minimum absolute atomic E-state index is 0.207. The number of halogens is 1. The highest BCUT2D eigenvalue weighted by atomic mass is 35.5. The molecule has 1 saturated heterocycles. The number of aliphatic hydroxyl groups excluding tert-OH is 1. The fourth-order valence-corrected chi connectivity index (χ4v) is 2.83. The number of ether oxygens (including phenoxy) is 1. The minimum Gasteiger partial charge on any atom is -0.386 e. The van der Waals surface area contributed by atoms with E-state index in [0.717, 1.165) is 38.0 Å². The monoisotopic (exact) mass is 244 g/mol. The van der Waals surface area contributed by atoms with E-state index in [-0.39, 0.29) is 5.60 Å². The van der Waals surface area contributed by atoms with Crippen molar-refractivity contribution in [1.29, 1.82) is 0 Å². The molecular formula is C13H21ClO2. The standard InChI is InChI=1S/C13H21ClO2/c14-10-6-2-1-3-7-11(15)13-9-5-4-8-12(13)16-13/h3,7,11-12,15H,1-2,4-6,8-10H2/b7-3+/t11?,12-,13-/m0/s1. The van der Waals surface area contributed by atoms with Gasteiger partial charge in [0.25, 0.3) is 0 Å². The second kappa shape index (κ2) is 5.52. The van der Waals surface area contributed by atoms with Gasteiger partial charge in [0.05, 0.1) is 6.10 Å². The van der Waals surface area contributed by atoms with E-state index in [1.54, 1.807) is 0 Å². The fraction of sp³-hybridized carbons (Fsp3) is 0.846. The van der Waals surface area contributed by atoms with Crippen LogP contribution >= 0.6 is 11.6 Å². The smallest absolute Gasteiger partial charge is 0.124 e. The molecule has 1 aliphatic heterocycles. The number of epoxide rings is 1. The third-order valence-electron chi connectivity index (χ3n) is 3.71. The van der Waals surface area contributed by atoms with Crippen molar-refractivity contribution >= 4 is 11.6 Å². The molecule has 0 aromatic carbocycles. The Morgan fingerprint density at radius 1 is 1.44 bits per heavy atom. The maximum Gasteiger partial charge on any atom is 0.124 e. The summed E-state index contributed by atoms with van der Waals surface area (Å²) >= 11 is 5.60. The van der Waals surface area contributed by atoms with Crippen LogP contribution in [0.1, 0.15) is 44.9 Å². The normalized spacial score (nSPS) is 35.0. The molecule has 16 heavy (non-hydrogen) atoms. The molecule has 0 amide bonds. The summed E-state index contributed by atoms with van der Waals surface area (Å²) < 4.78 is 5.68. The van der Waals surface area contributed by atoms with Crippen LogP contribution in [-0.4, -0.2) is 28.8 Å². The molecule has 1 heterocycles. The average Bonchev–Trinajstić information content (AvgIpc) is 3.04. The Bertz CT molecular complexity index is 254. The van der Waals surface area contributed by atoms with E-state index in [9.17, 15) is 5.11 Å². The van der Waals surface area contributed by atoms with Crippen molar-refractivity contribution in [2.75, 3.05) is 5.88 Å². The molecule has 2 fully saturated rings. The molecule has 1 aliphatic carbocycles. The van der Waals surface area contributed by atoms with Gasteiger partial charge in [0.1, 0.15) is 11.7 Å². The van der Waals surface area contributed by atoms with Gasteiger partial charge in [-0.2, -0.15) is 0 Å². The molecule has 1 N–H and O–H groups in total. The van der Waals surface area contributed by atoms with Gasteiger partial charge in [-0.15, -0.1) is 11.6 Å². The van der Waals surface area contributed by atoms with E-state index in [1.165, 1.54) is 12.8 Å². The Morgan fingerprint density at radius 3 is 3.06 bits per heavy atom. The first-order chi connectivity index (χ1) is 7.79. The summed E-state index contributed by atoms with van der Waals surface area (Å²) in [7, 11) is 0. The highest BCUT2D eigenvalue weighted by Gasteiger charge is 2.60. The van der Waals surface area contributed by atoms with Crippen molar-refractivity contribution in [3.63, 3.8) is 0 Å².